The molecule has 0 fully saturated rings. The van der Waals surface area contributed by atoms with E-state index in [0.717, 1.165) is 16.8 Å². The van der Waals surface area contributed by atoms with Crippen LogP contribution in [0.4, 0.5) is 11.4 Å². The highest BCUT2D eigenvalue weighted by Crippen LogP contribution is 2.34. The van der Waals surface area contributed by atoms with Gasteiger partial charge in [-0.15, -0.1) is 0 Å². The van der Waals surface area contributed by atoms with Crippen molar-refractivity contribution >= 4 is 40.5 Å². The van der Waals surface area contributed by atoms with Crippen molar-refractivity contribution < 1.29 is 14.6 Å². The minimum atomic E-state index is -0.952. The van der Waals surface area contributed by atoms with Gasteiger partial charge in [0.25, 0.3) is 0 Å². The van der Waals surface area contributed by atoms with Crippen molar-refractivity contribution in [3.63, 3.8) is 0 Å². The lowest BCUT2D eigenvalue weighted by atomic mass is 10.1. The van der Waals surface area contributed by atoms with Gasteiger partial charge in [-0.3, -0.25) is 5.01 Å². The molecule has 0 bridgehead atoms. The van der Waals surface area contributed by atoms with E-state index in [4.69, 9.17) is 39.5 Å². The fourth-order valence-electron chi connectivity index (χ4n) is 3.79. The summed E-state index contributed by atoms with van der Waals surface area (Å²) in [6.07, 6.45) is 0. The van der Waals surface area contributed by atoms with Crippen molar-refractivity contribution in [3.8, 4) is 5.75 Å². The summed E-state index contributed by atoms with van der Waals surface area (Å²) in [6.45, 7) is 6.66. The molecule has 0 spiro atoms. The summed E-state index contributed by atoms with van der Waals surface area (Å²) < 4.78 is 6.10. The second-order valence-electron chi connectivity index (χ2n) is 9.09. The van der Waals surface area contributed by atoms with Gasteiger partial charge < -0.3 is 20.5 Å². The Bertz CT molecular complexity index is 1290. The van der Waals surface area contributed by atoms with Crippen LogP contribution < -0.4 is 26.2 Å². The van der Waals surface area contributed by atoms with E-state index < -0.39 is 5.97 Å². The van der Waals surface area contributed by atoms with Gasteiger partial charge in [-0.05, 0) is 66.4 Å². The number of carbonyl (C=O) groups is 1. The first kappa shape index (κ1) is 28.2. The highest BCUT2D eigenvalue weighted by molar-refractivity contribution is 6.39. The van der Waals surface area contributed by atoms with E-state index in [1.165, 1.54) is 5.01 Å². The van der Waals surface area contributed by atoms with Crippen molar-refractivity contribution in [2.24, 2.45) is 17.5 Å². The van der Waals surface area contributed by atoms with E-state index in [-0.39, 0.29) is 18.1 Å². The maximum Gasteiger partial charge on any atom is 0.335 e. The molecule has 3 aromatic rings. The van der Waals surface area contributed by atoms with E-state index in [2.05, 4.69) is 0 Å². The van der Waals surface area contributed by atoms with Crippen LogP contribution in [0.25, 0.3) is 0 Å². The number of aromatic carboxylic acids is 1. The predicted octanol–water partition coefficient (Wildman–Crippen LogP) is 6.22. The number of carboxylic acids is 1. The zero-order valence-electron chi connectivity index (χ0n) is 21.3. The number of carboxylic acid groups (broad SMARTS) is 1. The number of aryl methyl sites for hydroxylation is 1. The third-order valence-electron chi connectivity index (χ3n) is 6.06. The minimum Gasteiger partial charge on any atom is -0.487 e. The molecule has 0 aliphatic rings. The lowest BCUT2D eigenvalue weighted by molar-refractivity contribution is 0.0697. The third-order valence-corrected chi connectivity index (χ3v) is 6.67. The molecule has 0 amide bonds. The van der Waals surface area contributed by atoms with Crippen LogP contribution in [-0.4, -0.2) is 24.7 Å². The molecule has 0 unspecified atom stereocenters. The van der Waals surface area contributed by atoms with Crippen molar-refractivity contribution in [3.05, 3.63) is 98.8 Å². The second kappa shape index (κ2) is 12.2. The van der Waals surface area contributed by atoms with E-state index >= 15 is 0 Å². The van der Waals surface area contributed by atoms with E-state index in [1.807, 2.05) is 57.0 Å². The molecule has 0 aliphatic carbocycles. The van der Waals surface area contributed by atoms with Gasteiger partial charge in [0.1, 0.15) is 12.4 Å². The van der Waals surface area contributed by atoms with Crippen molar-refractivity contribution in [2.75, 3.05) is 23.6 Å². The number of hydrazine groups is 1. The van der Waals surface area contributed by atoms with Gasteiger partial charge in [0.2, 0.25) is 0 Å². The molecule has 0 heterocycles. The summed E-state index contributed by atoms with van der Waals surface area (Å²) in [4.78, 5) is 13.3. The number of nitrogens with zero attached hydrogens (tertiary/aromatic N) is 2. The Hall–Kier alpha value is -3.39. The lowest BCUT2D eigenvalue weighted by Gasteiger charge is -2.27. The molecule has 0 atom stereocenters. The Morgan fingerprint density at radius 1 is 1.05 bits per heavy atom. The number of benzene rings is 3. The topological polar surface area (TPSA) is 105 Å². The number of nitrogens with two attached hydrogens (primary N) is 2. The number of halogens is 2. The summed E-state index contributed by atoms with van der Waals surface area (Å²) in [6, 6.07) is 17.9. The Labute approximate surface area is 227 Å². The number of hydrogen-bond acceptors (Lipinski definition) is 6. The average Bonchev–Trinajstić information content (AvgIpc) is 2.85. The molecular formula is C28H32Cl2N4O3. The summed E-state index contributed by atoms with van der Waals surface area (Å²) in [5.74, 6) is 6.17. The molecule has 3 rings (SSSR count). The standard InChI is InChI=1S/C28H32Cl2N4O3/c1-17(2)26(31)25(34(32)27-23(29)9-6-10-24(27)30)16-37-22-12-11-20(18(3)13-22)15-33(4)21-8-5-7-19(14-21)28(35)36/h5-14,17H,15-16,31-32H2,1-4H3,(H,35,36)/b26-25-. The lowest BCUT2D eigenvalue weighted by Crippen LogP contribution is -2.36. The molecular weight excluding hydrogens is 511 g/mol. The first-order chi connectivity index (χ1) is 17.5. The van der Waals surface area contributed by atoms with Gasteiger partial charge in [0.05, 0.1) is 27.0 Å². The number of ether oxygens (including phenoxy) is 1. The van der Waals surface area contributed by atoms with Gasteiger partial charge in [0.15, 0.2) is 0 Å². The molecule has 9 heteroatoms. The molecule has 0 aromatic heterocycles. The van der Waals surface area contributed by atoms with E-state index in [9.17, 15) is 9.90 Å². The van der Waals surface area contributed by atoms with Crippen molar-refractivity contribution in [2.45, 2.75) is 27.3 Å². The number of rotatable bonds is 10. The molecule has 7 nitrogen and oxygen atoms in total. The molecule has 0 saturated heterocycles. The number of anilines is 2. The first-order valence-electron chi connectivity index (χ1n) is 11.7. The fraction of sp³-hybridized carbons (Fsp3) is 0.250. The van der Waals surface area contributed by atoms with Crippen molar-refractivity contribution in [1.29, 1.82) is 0 Å². The molecule has 0 aliphatic heterocycles. The Morgan fingerprint density at radius 2 is 1.70 bits per heavy atom. The predicted molar refractivity (Wildman–Crippen MR) is 151 cm³/mol. The van der Waals surface area contributed by atoms with Gasteiger partial charge >= 0.3 is 5.97 Å². The van der Waals surface area contributed by atoms with Crippen LogP contribution in [0.3, 0.4) is 0 Å². The molecule has 0 radical (unpaired) electrons. The average molecular weight is 543 g/mol. The number of para-hydroxylation sites is 1. The quantitative estimate of drug-likeness (QED) is 0.206. The monoisotopic (exact) mass is 542 g/mol. The van der Waals surface area contributed by atoms with Gasteiger partial charge in [0, 0.05) is 25.0 Å². The third kappa shape index (κ3) is 6.89. The molecule has 3 aromatic carbocycles. The summed E-state index contributed by atoms with van der Waals surface area (Å²) >= 11 is 12.7. The Balaban J connectivity index is 1.78. The summed E-state index contributed by atoms with van der Waals surface area (Å²) in [5.41, 5.74) is 11.2. The molecule has 5 N–H and O–H groups in total. The minimum absolute atomic E-state index is 0.0187. The first-order valence-corrected chi connectivity index (χ1v) is 12.5. The van der Waals surface area contributed by atoms with Crippen LogP contribution in [0.5, 0.6) is 5.75 Å². The van der Waals surface area contributed by atoms with Crippen LogP contribution in [0.1, 0.15) is 35.3 Å². The maximum absolute atomic E-state index is 11.3. The van der Waals surface area contributed by atoms with Gasteiger partial charge in [-0.2, -0.15) is 0 Å². The summed E-state index contributed by atoms with van der Waals surface area (Å²) in [7, 11) is 1.92. The highest BCUT2D eigenvalue weighted by Gasteiger charge is 2.20. The highest BCUT2D eigenvalue weighted by atomic mass is 35.5. The fourth-order valence-corrected chi connectivity index (χ4v) is 4.37. The normalized spacial score (nSPS) is 11.8. The van der Waals surface area contributed by atoms with Crippen molar-refractivity contribution in [1.82, 2.24) is 0 Å². The molecule has 196 valence electrons. The van der Waals surface area contributed by atoms with Gasteiger partial charge in [-0.1, -0.05) is 55.2 Å². The maximum atomic E-state index is 11.3. The molecule has 37 heavy (non-hydrogen) atoms. The zero-order chi connectivity index (χ0) is 27.3. The zero-order valence-corrected chi connectivity index (χ0v) is 22.8. The molecule has 0 saturated carbocycles. The van der Waals surface area contributed by atoms with Crippen LogP contribution >= 0.6 is 23.2 Å². The van der Waals surface area contributed by atoms with Crippen LogP contribution in [-0.2, 0) is 6.54 Å². The van der Waals surface area contributed by atoms with E-state index in [0.29, 0.717) is 39.4 Å². The van der Waals surface area contributed by atoms with Crippen LogP contribution in [0, 0.1) is 12.8 Å². The summed E-state index contributed by atoms with van der Waals surface area (Å²) in [5, 5.41) is 11.5. The Morgan fingerprint density at radius 3 is 2.30 bits per heavy atom. The van der Waals surface area contributed by atoms with Crippen LogP contribution in [0.2, 0.25) is 10.0 Å². The number of hydrogen-bond donors (Lipinski definition) is 3. The largest absolute Gasteiger partial charge is 0.487 e. The Kier molecular flexibility index (Phi) is 9.32. The van der Waals surface area contributed by atoms with E-state index in [1.54, 1.807) is 36.4 Å². The van der Waals surface area contributed by atoms with Crippen LogP contribution in [0.15, 0.2) is 72.1 Å². The van der Waals surface area contributed by atoms with Gasteiger partial charge in [-0.25, -0.2) is 10.6 Å². The second-order valence-corrected chi connectivity index (χ2v) is 9.90. The SMILES string of the molecule is Cc1cc(OC/C(=C(/N)C(C)C)N(N)c2c(Cl)cccc2Cl)ccc1CN(C)c1cccc(C(=O)O)c1. The smallest absolute Gasteiger partial charge is 0.335 e. The number of allylic oxidation sites excluding steroid dienone is 1.